The van der Waals surface area contributed by atoms with E-state index in [1.54, 1.807) is 12.0 Å². The molecule has 1 fully saturated rings. The number of methoxy groups -OCH3 is 1. The molecule has 0 heterocycles. The van der Waals surface area contributed by atoms with E-state index in [0.717, 1.165) is 46.5 Å². The Hall–Kier alpha value is -3.06. The van der Waals surface area contributed by atoms with Crippen molar-refractivity contribution in [1.82, 2.24) is 10.2 Å². The zero-order valence-electron chi connectivity index (χ0n) is 21.5. The maximum atomic E-state index is 13.6. The average molecular weight is 568 g/mol. The summed E-state index contributed by atoms with van der Waals surface area (Å²) < 4.78 is 12.2. The van der Waals surface area contributed by atoms with Crippen LogP contribution in [0.5, 0.6) is 11.5 Å². The summed E-state index contributed by atoms with van der Waals surface area (Å²) in [6.45, 7) is 2.06. The standard InChI is InChI=1S/C30H35BrN2O4/c1-3-26(30(35)32-23-12-5-4-6-13-23)33(19-21-10-9-14-24(18-21)36-2)28(34)20-37-27-17-16-22-11-7-8-15-25(22)29(27)31/h7-11,14-18,23,26H,3-6,12-13,19-20H2,1-2H3,(H,32,35)/t26-/m1/s1. The van der Waals surface area contributed by atoms with Gasteiger partial charge in [-0.1, -0.05) is 68.7 Å². The molecule has 0 radical (unpaired) electrons. The molecule has 3 aromatic rings. The van der Waals surface area contributed by atoms with Crippen LogP contribution in [0.1, 0.15) is 51.0 Å². The lowest BCUT2D eigenvalue weighted by Crippen LogP contribution is -2.52. The molecule has 0 saturated heterocycles. The van der Waals surface area contributed by atoms with E-state index in [-0.39, 0.29) is 31.0 Å². The highest BCUT2D eigenvalue weighted by Crippen LogP contribution is 2.33. The maximum Gasteiger partial charge on any atom is 0.261 e. The van der Waals surface area contributed by atoms with Gasteiger partial charge in [0, 0.05) is 12.6 Å². The van der Waals surface area contributed by atoms with Crippen molar-refractivity contribution in [2.75, 3.05) is 13.7 Å². The highest BCUT2D eigenvalue weighted by Gasteiger charge is 2.30. The first-order valence-electron chi connectivity index (χ1n) is 13.0. The number of benzene rings is 3. The molecule has 196 valence electrons. The SMILES string of the molecule is CC[C@H](C(=O)NC1CCCCC1)N(Cc1cccc(OC)c1)C(=O)COc1ccc2ccccc2c1Br. The Balaban J connectivity index is 1.54. The summed E-state index contributed by atoms with van der Waals surface area (Å²) in [7, 11) is 1.61. The molecule has 0 aromatic heterocycles. The van der Waals surface area contributed by atoms with Crippen LogP contribution >= 0.6 is 15.9 Å². The van der Waals surface area contributed by atoms with Crippen molar-refractivity contribution in [3.63, 3.8) is 0 Å². The molecule has 6 nitrogen and oxygen atoms in total. The number of ether oxygens (including phenoxy) is 2. The average Bonchev–Trinajstić information content (AvgIpc) is 2.93. The van der Waals surface area contributed by atoms with Gasteiger partial charge >= 0.3 is 0 Å². The summed E-state index contributed by atoms with van der Waals surface area (Å²) in [5, 5.41) is 5.31. The summed E-state index contributed by atoms with van der Waals surface area (Å²) in [5.74, 6) is 0.958. The Morgan fingerprint density at radius 1 is 1.05 bits per heavy atom. The topological polar surface area (TPSA) is 67.9 Å². The molecular weight excluding hydrogens is 532 g/mol. The molecule has 0 bridgehead atoms. The third-order valence-corrected chi connectivity index (χ3v) is 7.82. The number of amides is 2. The fourth-order valence-electron chi connectivity index (χ4n) is 4.98. The van der Waals surface area contributed by atoms with Crippen LogP contribution < -0.4 is 14.8 Å². The van der Waals surface area contributed by atoms with Crippen LogP contribution in [0.15, 0.2) is 65.1 Å². The van der Waals surface area contributed by atoms with Crippen LogP contribution in [-0.2, 0) is 16.1 Å². The van der Waals surface area contributed by atoms with Crippen molar-refractivity contribution in [3.05, 3.63) is 70.7 Å². The van der Waals surface area contributed by atoms with Gasteiger partial charge in [-0.15, -0.1) is 0 Å². The molecule has 2 amide bonds. The number of hydrogen-bond acceptors (Lipinski definition) is 4. The lowest BCUT2D eigenvalue weighted by molar-refractivity contribution is -0.143. The molecule has 1 aliphatic rings. The van der Waals surface area contributed by atoms with E-state index in [1.807, 2.05) is 67.6 Å². The van der Waals surface area contributed by atoms with Gasteiger partial charge in [-0.25, -0.2) is 0 Å². The zero-order chi connectivity index (χ0) is 26.2. The highest BCUT2D eigenvalue weighted by atomic mass is 79.9. The van der Waals surface area contributed by atoms with Crippen molar-refractivity contribution in [1.29, 1.82) is 0 Å². The fraction of sp³-hybridized carbons (Fsp3) is 0.400. The lowest BCUT2D eigenvalue weighted by Gasteiger charge is -2.32. The second kappa shape index (κ2) is 13.0. The number of nitrogens with zero attached hydrogens (tertiary/aromatic N) is 1. The van der Waals surface area contributed by atoms with Crippen molar-refractivity contribution in [3.8, 4) is 11.5 Å². The van der Waals surface area contributed by atoms with Gasteiger partial charge in [0.25, 0.3) is 5.91 Å². The normalized spacial score (nSPS) is 14.7. The minimum Gasteiger partial charge on any atom is -0.497 e. The molecule has 1 N–H and O–H groups in total. The Bertz CT molecular complexity index is 1230. The fourth-order valence-corrected chi connectivity index (χ4v) is 5.59. The Morgan fingerprint density at radius 3 is 2.59 bits per heavy atom. The van der Waals surface area contributed by atoms with Gasteiger partial charge < -0.3 is 19.7 Å². The summed E-state index contributed by atoms with van der Waals surface area (Å²) in [6.07, 6.45) is 5.96. The van der Waals surface area contributed by atoms with Gasteiger partial charge in [0.2, 0.25) is 5.91 Å². The minimum absolute atomic E-state index is 0.0995. The van der Waals surface area contributed by atoms with Crippen molar-refractivity contribution in [2.24, 2.45) is 0 Å². The van der Waals surface area contributed by atoms with E-state index < -0.39 is 6.04 Å². The molecule has 1 aliphatic carbocycles. The van der Waals surface area contributed by atoms with Gasteiger partial charge in [0.15, 0.2) is 6.61 Å². The Morgan fingerprint density at radius 2 is 1.84 bits per heavy atom. The predicted octanol–water partition coefficient (Wildman–Crippen LogP) is 6.25. The monoisotopic (exact) mass is 566 g/mol. The van der Waals surface area contributed by atoms with E-state index >= 15 is 0 Å². The van der Waals surface area contributed by atoms with Crippen LogP contribution in [0.3, 0.4) is 0 Å². The summed E-state index contributed by atoms with van der Waals surface area (Å²) in [4.78, 5) is 28.7. The summed E-state index contributed by atoms with van der Waals surface area (Å²) in [5.41, 5.74) is 0.892. The van der Waals surface area contributed by atoms with Gasteiger partial charge in [-0.2, -0.15) is 0 Å². The first-order chi connectivity index (χ1) is 18.0. The molecule has 0 unspecified atom stereocenters. The van der Waals surface area contributed by atoms with Gasteiger partial charge in [0.05, 0.1) is 11.6 Å². The number of carbonyl (C=O) groups is 2. The van der Waals surface area contributed by atoms with E-state index in [2.05, 4.69) is 21.2 Å². The van der Waals surface area contributed by atoms with Crippen LogP contribution in [-0.4, -0.2) is 42.5 Å². The van der Waals surface area contributed by atoms with Crippen LogP contribution in [0, 0.1) is 0 Å². The molecule has 0 spiro atoms. The summed E-state index contributed by atoms with van der Waals surface area (Å²) in [6, 6.07) is 19.0. The van der Waals surface area contributed by atoms with E-state index in [9.17, 15) is 9.59 Å². The van der Waals surface area contributed by atoms with Crippen molar-refractivity contribution < 1.29 is 19.1 Å². The third kappa shape index (κ3) is 6.83. The molecule has 1 saturated carbocycles. The van der Waals surface area contributed by atoms with E-state index in [4.69, 9.17) is 9.47 Å². The first-order valence-corrected chi connectivity index (χ1v) is 13.8. The molecule has 4 rings (SSSR count). The van der Waals surface area contributed by atoms with Gasteiger partial charge in [-0.05, 0) is 69.7 Å². The number of carbonyl (C=O) groups excluding carboxylic acids is 2. The second-order valence-electron chi connectivity index (χ2n) is 9.53. The molecular formula is C30H35BrN2O4. The van der Waals surface area contributed by atoms with Gasteiger partial charge in [-0.3, -0.25) is 9.59 Å². The van der Waals surface area contributed by atoms with Crippen molar-refractivity contribution >= 4 is 38.5 Å². The Labute approximate surface area is 227 Å². The van der Waals surface area contributed by atoms with E-state index in [0.29, 0.717) is 17.9 Å². The minimum atomic E-state index is -0.593. The molecule has 7 heteroatoms. The van der Waals surface area contributed by atoms with Crippen molar-refractivity contribution in [2.45, 2.75) is 64.1 Å². The number of nitrogens with one attached hydrogen (secondary N) is 1. The second-order valence-corrected chi connectivity index (χ2v) is 10.3. The van der Waals surface area contributed by atoms with E-state index in [1.165, 1.54) is 6.42 Å². The lowest BCUT2D eigenvalue weighted by atomic mass is 9.95. The molecule has 3 aromatic carbocycles. The summed E-state index contributed by atoms with van der Waals surface area (Å²) >= 11 is 3.63. The number of halogens is 1. The number of hydrogen-bond donors (Lipinski definition) is 1. The quantitative estimate of drug-likeness (QED) is 0.315. The highest BCUT2D eigenvalue weighted by molar-refractivity contribution is 9.10. The maximum absolute atomic E-state index is 13.6. The largest absolute Gasteiger partial charge is 0.497 e. The van der Waals surface area contributed by atoms with Crippen LogP contribution in [0.25, 0.3) is 10.8 Å². The predicted molar refractivity (Wildman–Crippen MR) is 150 cm³/mol. The first kappa shape index (κ1) is 27.0. The molecule has 0 aliphatic heterocycles. The third-order valence-electron chi connectivity index (χ3n) is 7.00. The number of fused-ring (bicyclic) bond motifs is 1. The Kier molecular flexibility index (Phi) is 9.45. The van der Waals surface area contributed by atoms with Crippen LogP contribution in [0.2, 0.25) is 0 Å². The zero-order valence-corrected chi connectivity index (χ0v) is 23.1. The number of rotatable bonds is 10. The molecule has 1 atom stereocenters. The van der Waals surface area contributed by atoms with Gasteiger partial charge in [0.1, 0.15) is 17.5 Å². The smallest absolute Gasteiger partial charge is 0.261 e. The molecule has 37 heavy (non-hydrogen) atoms. The van der Waals surface area contributed by atoms with Crippen LogP contribution in [0.4, 0.5) is 0 Å².